The van der Waals surface area contributed by atoms with Crippen molar-refractivity contribution in [2.75, 3.05) is 19.7 Å². The Bertz CT molecular complexity index is 334. The van der Waals surface area contributed by atoms with Gasteiger partial charge in [-0.2, -0.15) is 0 Å². The Morgan fingerprint density at radius 2 is 2.27 bits per heavy atom. The molecule has 1 aromatic rings. The number of hydrogen-bond donors (Lipinski definition) is 3. The highest BCUT2D eigenvalue weighted by atomic mass is 79.9. The molecule has 0 aliphatic carbocycles. The van der Waals surface area contributed by atoms with Crippen LogP contribution in [0.25, 0.3) is 0 Å². The van der Waals surface area contributed by atoms with Crippen LogP contribution in [0.3, 0.4) is 0 Å². The molecule has 1 heterocycles. The van der Waals surface area contributed by atoms with E-state index >= 15 is 0 Å². The maximum absolute atomic E-state index is 9.26. The molecule has 0 bridgehead atoms. The van der Waals surface area contributed by atoms with Crippen LogP contribution in [0.15, 0.2) is 28.7 Å². The lowest BCUT2D eigenvalue weighted by Gasteiger charge is -2.42. The van der Waals surface area contributed by atoms with Crippen LogP contribution in [-0.2, 0) is 6.54 Å². The molecule has 3 nitrogen and oxygen atoms in total. The minimum atomic E-state index is -0.109. The van der Waals surface area contributed by atoms with E-state index in [2.05, 4.69) is 38.7 Å². The average molecular weight is 271 g/mol. The van der Waals surface area contributed by atoms with E-state index < -0.39 is 0 Å². The van der Waals surface area contributed by atoms with Crippen molar-refractivity contribution in [2.24, 2.45) is 0 Å². The standard InChI is InChI=1S/C11H15BrN2O/c12-10-3-1-2-9(4-10)5-14-11(8-15)6-13-7-11/h1-4,13-15H,5-8H2. The molecule has 3 N–H and O–H groups in total. The lowest BCUT2D eigenvalue weighted by molar-refractivity contribution is 0.108. The maximum Gasteiger partial charge on any atom is 0.0668 e. The minimum absolute atomic E-state index is 0.109. The van der Waals surface area contributed by atoms with Crippen LogP contribution in [-0.4, -0.2) is 30.3 Å². The molecule has 1 aliphatic rings. The fraction of sp³-hybridized carbons (Fsp3) is 0.455. The normalized spacial score (nSPS) is 18.5. The van der Waals surface area contributed by atoms with Crippen LogP contribution in [0.4, 0.5) is 0 Å². The van der Waals surface area contributed by atoms with Crippen molar-refractivity contribution >= 4 is 15.9 Å². The molecule has 0 unspecified atom stereocenters. The summed E-state index contributed by atoms with van der Waals surface area (Å²) in [6.07, 6.45) is 0. The molecule has 1 fully saturated rings. The predicted octanol–water partition coefficient (Wildman–Crippen LogP) is 0.873. The summed E-state index contributed by atoms with van der Waals surface area (Å²) in [5, 5.41) is 15.8. The van der Waals surface area contributed by atoms with Gasteiger partial charge in [0, 0.05) is 24.1 Å². The number of benzene rings is 1. The van der Waals surface area contributed by atoms with Gasteiger partial charge in [0.2, 0.25) is 0 Å². The van der Waals surface area contributed by atoms with Crippen molar-refractivity contribution in [3.63, 3.8) is 0 Å². The van der Waals surface area contributed by atoms with E-state index in [1.54, 1.807) is 0 Å². The third-order valence-corrected chi connectivity index (χ3v) is 3.28. The lowest BCUT2D eigenvalue weighted by atomic mass is 9.93. The monoisotopic (exact) mass is 270 g/mol. The van der Waals surface area contributed by atoms with Crippen molar-refractivity contribution in [1.29, 1.82) is 0 Å². The van der Waals surface area contributed by atoms with Gasteiger partial charge in [0.05, 0.1) is 12.1 Å². The minimum Gasteiger partial charge on any atom is -0.394 e. The van der Waals surface area contributed by atoms with Gasteiger partial charge in [0.1, 0.15) is 0 Å². The van der Waals surface area contributed by atoms with Crippen molar-refractivity contribution in [3.05, 3.63) is 34.3 Å². The fourth-order valence-electron chi connectivity index (χ4n) is 1.66. The first-order chi connectivity index (χ1) is 7.24. The number of aliphatic hydroxyl groups excluding tert-OH is 1. The summed E-state index contributed by atoms with van der Waals surface area (Å²) in [6, 6.07) is 8.20. The second kappa shape index (κ2) is 4.61. The summed E-state index contributed by atoms with van der Waals surface area (Å²) >= 11 is 3.44. The van der Waals surface area contributed by atoms with Crippen LogP contribution in [0.1, 0.15) is 5.56 Å². The first kappa shape index (κ1) is 11.1. The van der Waals surface area contributed by atoms with E-state index in [1.165, 1.54) is 5.56 Å². The van der Waals surface area contributed by atoms with Crippen molar-refractivity contribution < 1.29 is 5.11 Å². The topological polar surface area (TPSA) is 44.3 Å². The first-order valence-corrected chi connectivity index (χ1v) is 5.84. The number of aliphatic hydroxyl groups is 1. The molecule has 1 aliphatic heterocycles. The highest BCUT2D eigenvalue weighted by molar-refractivity contribution is 9.10. The van der Waals surface area contributed by atoms with Crippen molar-refractivity contribution in [3.8, 4) is 0 Å². The second-order valence-electron chi connectivity index (χ2n) is 4.03. The third-order valence-electron chi connectivity index (χ3n) is 2.79. The Kier molecular flexibility index (Phi) is 3.41. The predicted molar refractivity (Wildman–Crippen MR) is 63.7 cm³/mol. The molecular weight excluding hydrogens is 256 g/mol. The summed E-state index contributed by atoms with van der Waals surface area (Å²) in [6.45, 7) is 2.67. The molecule has 0 spiro atoms. The van der Waals surface area contributed by atoms with E-state index in [4.69, 9.17) is 0 Å². The fourth-order valence-corrected chi connectivity index (χ4v) is 2.10. The van der Waals surface area contributed by atoms with E-state index in [-0.39, 0.29) is 12.1 Å². The summed E-state index contributed by atoms with van der Waals surface area (Å²) in [5.74, 6) is 0. The Labute approximate surface area is 98.0 Å². The zero-order valence-electron chi connectivity index (χ0n) is 8.46. The second-order valence-corrected chi connectivity index (χ2v) is 4.94. The van der Waals surface area contributed by atoms with Gasteiger partial charge in [-0.1, -0.05) is 28.1 Å². The molecule has 1 saturated heterocycles. The lowest BCUT2D eigenvalue weighted by Crippen LogP contribution is -2.69. The molecule has 1 aromatic carbocycles. The Morgan fingerprint density at radius 1 is 1.47 bits per heavy atom. The van der Waals surface area contributed by atoms with Crippen molar-refractivity contribution in [2.45, 2.75) is 12.1 Å². The zero-order valence-corrected chi connectivity index (χ0v) is 10.0. The molecular formula is C11H15BrN2O. The van der Waals surface area contributed by atoms with Gasteiger partial charge >= 0.3 is 0 Å². The van der Waals surface area contributed by atoms with Crippen molar-refractivity contribution in [1.82, 2.24) is 10.6 Å². The number of rotatable bonds is 4. The molecule has 4 heteroatoms. The summed E-state index contributed by atoms with van der Waals surface area (Å²) in [7, 11) is 0. The van der Waals surface area contributed by atoms with Gasteiger partial charge in [-0.3, -0.25) is 0 Å². The highest BCUT2D eigenvalue weighted by Crippen LogP contribution is 2.14. The Balaban J connectivity index is 1.92. The summed E-state index contributed by atoms with van der Waals surface area (Å²) in [5.41, 5.74) is 1.12. The van der Waals surface area contributed by atoms with Gasteiger partial charge in [0.25, 0.3) is 0 Å². The Hall–Kier alpha value is -0.420. The molecule has 0 aromatic heterocycles. The SMILES string of the molecule is OCC1(NCc2cccc(Br)c2)CNC1. The van der Waals surface area contributed by atoms with E-state index in [0.29, 0.717) is 0 Å². The summed E-state index contributed by atoms with van der Waals surface area (Å²) in [4.78, 5) is 0. The third kappa shape index (κ3) is 2.58. The van der Waals surface area contributed by atoms with E-state index in [0.717, 1.165) is 24.1 Å². The molecule has 0 atom stereocenters. The Morgan fingerprint density at radius 3 is 2.80 bits per heavy atom. The van der Waals surface area contributed by atoms with Crippen LogP contribution in [0.2, 0.25) is 0 Å². The first-order valence-electron chi connectivity index (χ1n) is 5.05. The van der Waals surface area contributed by atoms with Crippen LogP contribution in [0, 0.1) is 0 Å². The quantitative estimate of drug-likeness (QED) is 0.761. The number of hydrogen-bond acceptors (Lipinski definition) is 3. The van der Waals surface area contributed by atoms with Gasteiger partial charge in [-0.25, -0.2) is 0 Å². The molecule has 82 valence electrons. The zero-order chi connectivity index (χ0) is 10.7. The van der Waals surface area contributed by atoms with Gasteiger partial charge in [-0.05, 0) is 17.7 Å². The highest BCUT2D eigenvalue weighted by Gasteiger charge is 2.35. The van der Waals surface area contributed by atoms with E-state index in [9.17, 15) is 5.11 Å². The smallest absolute Gasteiger partial charge is 0.0668 e. The van der Waals surface area contributed by atoms with Gasteiger partial charge in [-0.15, -0.1) is 0 Å². The summed E-state index contributed by atoms with van der Waals surface area (Å²) < 4.78 is 1.09. The number of halogens is 1. The maximum atomic E-state index is 9.26. The van der Waals surface area contributed by atoms with E-state index in [1.807, 2.05) is 12.1 Å². The largest absolute Gasteiger partial charge is 0.394 e. The van der Waals surface area contributed by atoms with Gasteiger partial charge in [0.15, 0.2) is 0 Å². The molecule has 15 heavy (non-hydrogen) atoms. The number of nitrogens with one attached hydrogen (secondary N) is 2. The molecule has 0 saturated carbocycles. The van der Waals surface area contributed by atoms with Crippen LogP contribution >= 0.6 is 15.9 Å². The van der Waals surface area contributed by atoms with Gasteiger partial charge < -0.3 is 15.7 Å². The molecule has 2 rings (SSSR count). The van der Waals surface area contributed by atoms with Crippen LogP contribution in [0.5, 0.6) is 0 Å². The average Bonchev–Trinajstić information content (AvgIpc) is 2.17. The van der Waals surface area contributed by atoms with Crippen LogP contribution < -0.4 is 10.6 Å². The molecule has 0 amide bonds. The molecule has 0 radical (unpaired) electrons.